The number of rotatable bonds is 8. The highest BCUT2D eigenvalue weighted by Crippen LogP contribution is 2.53. The minimum atomic E-state index is -0.213. The Balaban J connectivity index is 1.54. The molecule has 1 aromatic rings. The van der Waals surface area contributed by atoms with Gasteiger partial charge in [0.25, 0.3) is 0 Å². The number of nitrogens with zero attached hydrogens (tertiary/aromatic N) is 3. The zero-order valence-electron chi connectivity index (χ0n) is 20.6. The molecule has 0 radical (unpaired) electrons. The number of aliphatic hydroxyl groups excluding tert-OH is 1. The molecule has 1 saturated heterocycles. The lowest BCUT2D eigenvalue weighted by Gasteiger charge is -2.53. The third kappa shape index (κ3) is 4.73. The Bertz CT molecular complexity index is 879. The van der Waals surface area contributed by atoms with Crippen LogP contribution in [0.3, 0.4) is 0 Å². The maximum atomic E-state index is 11.3. The molecule has 2 aliphatic carbocycles. The summed E-state index contributed by atoms with van der Waals surface area (Å²) in [4.78, 5) is 0. The van der Waals surface area contributed by atoms with Crippen LogP contribution in [0.25, 0.3) is 0 Å². The molecule has 5 heteroatoms. The van der Waals surface area contributed by atoms with Gasteiger partial charge in [0.05, 0.1) is 17.5 Å². The quantitative estimate of drug-likeness (QED) is 0.376. The molecule has 5 nitrogen and oxygen atoms in total. The summed E-state index contributed by atoms with van der Waals surface area (Å²) in [5, 5.41) is 19.2. The van der Waals surface area contributed by atoms with Crippen LogP contribution in [0.5, 0.6) is 0 Å². The normalized spacial score (nSPS) is 29.5. The number of hydrogen-bond acceptors (Lipinski definition) is 4. The second kappa shape index (κ2) is 9.17. The summed E-state index contributed by atoms with van der Waals surface area (Å²) in [6, 6.07) is 0. The van der Waals surface area contributed by atoms with Crippen molar-refractivity contribution in [1.29, 1.82) is 0 Å². The van der Waals surface area contributed by atoms with Gasteiger partial charge in [-0.2, -0.15) is 0 Å². The molecule has 3 unspecified atom stereocenters. The largest absolute Gasteiger partial charge is 0.512 e. The lowest BCUT2D eigenvalue weighted by Crippen LogP contribution is -2.54. The molecule has 1 fully saturated rings. The maximum absolute atomic E-state index is 11.3. The summed E-state index contributed by atoms with van der Waals surface area (Å²) in [6.07, 6.45) is 18.4. The molecule has 4 rings (SSSR count). The smallest absolute Gasteiger partial charge is 0.119 e. The molecular formula is C27H41N3O2. The monoisotopic (exact) mass is 439 g/mol. The fourth-order valence-corrected chi connectivity index (χ4v) is 6.16. The molecule has 0 amide bonds. The Morgan fingerprint density at radius 2 is 1.94 bits per heavy atom. The van der Waals surface area contributed by atoms with Crippen molar-refractivity contribution in [2.45, 2.75) is 97.8 Å². The second-order valence-electron chi connectivity index (χ2n) is 11.3. The van der Waals surface area contributed by atoms with Gasteiger partial charge in [-0.05, 0) is 62.0 Å². The number of allylic oxidation sites excluding steroid dienone is 4. The van der Waals surface area contributed by atoms with Crippen LogP contribution in [0.15, 0.2) is 47.8 Å². The van der Waals surface area contributed by atoms with Crippen LogP contribution in [0.2, 0.25) is 0 Å². The molecule has 0 bridgehead atoms. The van der Waals surface area contributed by atoms with E-state index in [1.54, 1.807) is 12.7 Å². The van der Waals surface area contributed by atoms with Gasteiger partial charge in [-0.1, -0.05) is 64.2 Å². The summed E-state index contributed by atoms with van der Waals surface area (Å²) in [5.41, 5.74) is 2.47. The maximum Gasteiger partial charge on any atom is 0.119 e. The molecule has 3 aliphatic rings. The first-order valence-electron chi connectivity index (χ1n) is 12.5. The molecule has 32 heavy (non-hydrogen) atoms. The van der Waals surface area contributed by atoms with Crippen molar-refractivity contribution in [3.8, 4) is 0 Å². The van der Waals surface area contributed by atoms with Crippen molar-refractivity contribution in [2.75, 3.05) is 0 Å². The van der Waals surface area contributed by atoms with E-state index in [9.17, 15) is 5.11 Å². The average Bonchev–Trinajstić information content (AvgIpc) is 3.23. The predicted octanol–water partition coefficient (Wildman–Crippen LogP) is 6.40. The molecule has 4 atom stereocenters. The number of unbranched alkanes of at least 4 members (excludes halogenated alkanes) is 3. The van der Waals surface area contributed by atoms with Gasteiger partial charge < -0.3 is 14.4 Å². The zero-order chi connectivity index (χ0) is 22.9. The van der Waals surface area contributed by atoms with E-state index in [0.717, 1.165) is 25.8 Å². The van der Waals surface area contributed by atoms with E-state index in [4.69, 9.17) is 4.74 Å². The van der Waals surface area contributed by atoms with Crippen molar-refractivity contribution < 1.29 is 9.84 Å². The summed E-state index contributed by atoms with van der Waals surface area (Å²) < 4.78 is 8.73. The highest BCUT2D eigenvalue weighted by atomic mass is 16.5. The summed E-state index contributed by atoms with van der Waals surface area (Å²) in [5.74, 6) is 1.34. The molecule has 176 valence electrons. The number of hydrogen-bond donors (Lipinski definition) is 1. The minimum Gasteiger partial charge on any atom is -0.512 e. The Morgan fingerprint density at radius 3 is 2.66 bits per heavy atom. The number of aromatic nitrogens is 3. The standard InChI is InChI=1S/C27H41N3O2/c1-6-7-8-9-12-26(2,3)20-14-23(31)25-21-13-19(16-30-17-28-29-18-30)10-11-22(21)27(4,5)32-24(25)15-20/h10,14-15,17-18,21-22,24-25,31H,6-9,11-13,16H2,1-5H3/t21?,22?,24?,25-/m1/s1. The first kappa shape index (κ1) is 23.3. The molecule has 1 aromatic heterocycles. The summed E-state index contributed by atoms with van der Waals surface area (Å²) in [6.45, 7) is 12.2. The number of fused-ring (bicyclic) bond motifs is 3. The fraction of sp³-hybridized carbons (Fsp3) is 0.704. The van der Waals surface area contributed by atoms with Gasteiger partial charge in [0, 0.05) is 12.5 Å². The van der Waals surface area contributed by atoms with Crippen LogP contribution in [0, 0.1) is 23.2 Å². The topological polar surface area (TPSA) is 60.2 Å². The molecule has 0 spiro atoms. The van der Waals surface area contributed by atoms with Gasteiger partial charge >= 0.3 is 0 Å². The van der Waals surface area contributed by atoms with Gasteiger partial charge in [0.15, 0.2) is 0 Å². The van der Waals surface area contributed by atoms with Gasteiger partial charge in [-0.15, -0.1) is 10.2 Å². The molecule has 1 aliphatic heterocycles. The van der Waals surface area contributed by atoms with Crippen LogP contribution < -0.4 is 0 Å². The lowest BCUT2D eigenvalue weighted by atomic mass is 9.61. The van der Waals surface area contributed by atoms with Crippen LogP contribution in [-0.4, -0.2) is 31.6 Å². The van der Waals surface area contributed by atoms with Crippen LogP contribution in [0.4, 0.5) is 0 Å². The van der Waals surface area contributed by atoms with Gasteiger partial charge in [0.2, 0.25) is 0 Å². The Labute approximate surface area is 193 Å². The van der Waals surface area contributed by atoms with E-state index in [1.807, 2.05) is 4.57 Å². The third-order valence-electron chi connectivity index (χ3n) is 8.10. The summed E-state index contributed by atoms with van der Waals surface area (Å²) in [7, 11) is 0. The molecule has 0 saturated carbocycles. The molecule has 2 heterocycles. The first-order valence-corrected chi connectivity index (χ1v) is 12.5. The Hall–Kier alpha value is -1.88. The second-order valence-corrected chi connectivity index (χ2v) is 11.3. The average molecular weight is 440 g/mol. The van der Waals surface area contributed by atoms with Crippen molar-refractivity contribution in [2.24, 2.45) is 23.2 Å². The van der Waals surface area contributed by atoms with E-state index in [-0.39, 0.29) is 23.0 Å². The van der Waals surface area contributed by atoms with Crippen LogP contribution in [0.1, 0.15) is 79.6 Å². The molecule has 1 N–H and O–H groups in total. The van der Waals surface area contributed by atoms with E-state index in [0.29, 0.717) is 17.6 Å². The third-order valence-corrected chi connectivity index (χ3v) is 8.10. The number of ether oxygens (including phenoxy) is 1. The van der Waals surface area contributed by atoms with Crippen molar-refractivity contribution in [3.63, 3.8) is 0 Å². The number of aliphatic hydroxyl groups is 1. The minimum absolute atomic E-state index is 0.0391. The Morgan fingerprint density at radius 1 is 1.19 bits per heavy atom. The van der Waals surface area contributed by atoms with Gasteiger partial charge in [-0.25, -0.2) is 0 Å². The van der Waals surface area contributed by atoms with Gasteiger partial charge in [0.1, 0.15) is 12.7 Å². The van der Waals surface area contributed by atoms with Crippen LogP contribution >= 0.6 is 0 Å². The molecular weight excluding hydrogens is 398 g/mol. The van der Waals surface area contributed by atoms with E-state index in [1.165, 1.54) is 36.8 Å². The van der Waals surface area contributed by atoms with E-state index < -0.39 is 0 Å². The highest BCUT2D eigenvalue weighted by Gasteiger charge is 2.52. The predicted molar refractivity (Wildman–Crippen MR) is 128 cm³/mol. The van der Waals surface area contributed by atoms with Crippen molar-refractivity contribution in [1.82, 2.24) is 14.8 Å². The first-order chi connectivity index (χ1) is 15.2. The molecule has 0 aromatic carbocycles. The van der Waals surface area contributed by atoms with Crippen LogP contribution in [-0.2, 0) is 11.3 Å². The Kier molecular flexibility index (Phi) is 6.67. The SMILES string of the molecule is CCCCCCC(C)(C)C1=CC2OC(C)(C)C3CC=C(Cn4cnnc4)CC3[C@@H]2C(O)=C1. The van der Waals surface area contributed by atoms with Crippen molar-refractivity contribution >= 4 is 0 Å². The zero-order valence-corrected chi connectivity index (χ0v) is 20.6. The summed E-state index contributed by atoms with van der Waals surface area (Å²) >= 11 is 0. The van der Waals surface area contributed by atoms with E-state index >= 15 is 0 Å². The lowest BCUT2D eigenvalue weighted by molar-refractivity contribution is -0.177. The fourth-order valence-electron chi connectivity index (χ4n) is 6.16. The van der Waals surface area contributed by atoms with E-state index in [2.05, 4.69) is 63.0 Å². The highest BCUT2D eigenvalue weighted by molar-refractivity contribution is 5.36. The van der Waals surface area contributed by atoms with Crippen molar-refractivity contribution in [3.05, 3.63) is 47.8 Å². The van der Waals surface area contributed by atoms with Gasteiger partial charge in [-0.3, -0.25) is 0 Å².